The fraction of sp³-hybridized carbons (Fsp3) is 0.610. The van der Waals surface area contributed by atoms with E-state index in [4.69, 9.17) is 30.1 Å². The van der Waals surface area contributed by atoms with E-state index in [-0.39, 0.29) is 64.1 Å². The highest BCUT2D eigenvalue weighted by atomic mass is 35.5. The molecule has 2 aliphatic rings. The van der Waals surface area contributed by atoms with E-state index in [0.717, 1.165) is 37.7 Å². The summed E-state index contributed by atoms with van der Waals surface area (Å²) in [6.07, 6.45) is 3.61. The number of carbonyl (C=O) groups is 4. The summed E-state index contributed by atoms with van der Waals surface area (Å²) in [6, 6.07) is 13.4. The van der Waals surface area contributed by atoms with E-state index in [1.54, 1.807) is 68.7 Å². The number of alkyl carbamates (subject to hydrolysis) is 1. The van der Waals surface area contributed by atoms with Crippen LogP contribution in [-0.2, 0) is 39.3 Å². The number of halogens is 1. The SMILES string of the molecule is CCOP(=O)(OCC)C(O)[C@H](CCC(=O)N1CCN(C(=O)OC(C)(C)C)C(c2ccccc2)C1)NC(=O)[C@H](CC1CCCCC1)NC(=O)OCc1cccc(Cl)c1. The predicted octanol–water partition coefficient (Wildman–Crippen LogP) is 7.58. The fourth-order valence-electron chi connectivity index (χ4n) is 7.24. The molecule has 2 fully saturated rings. The Labute approximate surface area is 341 Å². The van der Waals surface area contributed by atoms with E-state index in [0.29, 0.717) is 17.0 Å². The molecule has 2 unspecified atom stereocenters. The minimum absolute atomic E-state index is 0.0406. The van der Waals surface area contributed by atoms with Crippen LogP contribution in [0.3, 0.4) is 0 Å². The fourth-order valence-corrected chi connectivity index (χ4v) is 9.22. The van der Waals surface area contributed by atoms with E-state index in [1.165, 1.54) is 0 Å². The van der Waals surface area contributed by atoms with Gasteiger partial charge in [-0.25, -0.2) is 9.59 Å². The van der Waals surface area contributed by atoms with Crippen molar-refractivity contribution in [1.29, 1.82) is 0 Å². The summed E-state index contributed by atoms with van der Waals surface area (Å²) in [5.74, 6) is -2.61. The molecule has 1 heterocycles. The Morgan fingerprint density at radius 1 is 0.947 bits per heavy atom. The van der Waals surface area contributed by atoms with Gasteiger partial charge >= 0.3 is 19.8 Å². The minimum Gasteiger partial charge on any atom is -0.445 e. The maximum atomic E-state index is 14.1. The summed E-state index contributed by atoms with van der Waals surface area (Å²) in [7, 11) is -4.21. The Bertz CT molecular complexity index is 1660. The molecule has 4 rings (SSSR count). The van der Waals surface area contributed by atoms with Gasteiger partial charge in [-0.3, -0.25) is 19.1 Å². The Morgan fingerprint density at radius 3 is 2.26 bits per heavy atom. The van der Waals surface area contributed by atoms with Gasteiger partial charge in [0.15, 0.2) is 5.85 Å². The zero-order chi connectivity index (χ0) is 41.6. The molecular formula is C41H60ClN4O10P. The molecule has 3 N–H and O–H groups in total. The maximum Gasteiger partial charge on any atom is 0.410 e. The molecule has 14 nitrogen and oxygen atoms in total. The first-order valence-corrected chi connectivity index (χ1v) is 22.0. The first-order valence-electron chi connectivity index (χ1n) is 20.0. The van der Waals surface area contributed by atoms with Gasteiger partial charge in [0.1, 0.15) is 18.2 Å². The summed E-state index contributed by atoms with van der Waals surface area (Å²) in [4.78, 5) is 57.7. The van der Waals surface area contributed by atoms with Gasteiger partial charge in [0.25, 0.3) is 0 Å². The number of aliphatic hydroxyl groups is 1. The number of ether oxygens (including phenoxy) is 2. The quantitative estimate of drug-likeness (QED) is 0.135. The Hall–Kier alpha value is -3.68. The number of amides is 4. The number of piperazine rings is 1. The average Bonchev–Trinajstić information content (AvgIpc) is 3.18. The molecule has 1 saturated heterocycles. The van der Waals surface area contributed by atoms with E-state index in [9.17, 15) is 28.8 Å². The molecule has 4 amide bonds. The molecule has 1 aliphatic heterocycles. The molecular weight excluding hydrogens is 775 g/mol. The number of nitrogens with one attached hydrogen (secondary N) is 2. The molecule has 0 radical (unpaired) electrons. The standard InChI is InChI=1S/C41H60ClN4O10P/c1-6-54-57(52,55-7-2)38(49)33(21-22-36(47)45-23-24-46(40(51)56-41(3,4)5)35(27-45)31-18-12-9-13-19-31)43-37(48)34(26-29-15-10-8-11-16-29)44-39(50)53-28-30-17-14-20-32(42)25-30/h9,12-14,17-20,25,29,33-35,38,49H,6-8,10-11,15-16,21-24,26-28H2,1-5H3,(H,43,48)(H,44,50)/t33-,34-,35?,38?/m0/s1. The topological polar surface area (TPSA) is 173 Å². The molecule has 57 heavy (non-hydrogen) atoms. The summed E-state index contributed by atoms with van der Waals surface area (Å²) in [5, 5.41) is 17.6. The molecule has 1 saturated carbocycles. The number of carbonyl (C=O) groups excluding carboxylic acids is 4. The third kappa shape index (κ3) is 14.3. The lowest BCUT2D eigenvalue weighted by Gasteiger charge is -2.42. The highest BCUT2D eigenvalue weighted by Crippen LogP contribution is 2.53. The molecule has 1 aliphatic carbocycles. The van der Waals surface area contributed by atoms with Gasteiger partial charge in [-0.05, 0) is 76.6 Å². The van der Waals surface area contributed by atoms with Crippen LogP contribution in [0.4, 0.5) is 9.59 Å². The van der Waals surface area contributed by atoms with E-state index >= 15 is 0 Å². The monoisotopic (exact) mass is 834 g/mol. The molecule has 0 spiro atoms. The largest absolute Gasteiger partial charge is 0.445 e. The smallest absolute Gasteiger partial charge is 0.410 e. The van der Waals surface area contributed by atoms with Crippen molar-refractivity contribution in [2.24, 2.45) is 5.92 Å². The van der Waals surface area contributed by atoms with Gasteiger partial charge in [0.05, 0.1) is 25.3 Å². The summed E-state index contributed by atoms with van der Waals surface area (Å²) in [5.41, 5.74) is 0.789. The first-order chi connectivity index (χ1) is 27.1. The van der Waals surface area contributed by atoms with Gasteiger partial charge < -0.3 is 39.2 Å². The molecule has 4 atom stereocenters. The predicted molar refractivity (Wildman–Crippen MR) is 216 cm³/mol. The van der Waals surface area contributed by atoms with Gasteiger partial charge in [0.2, 0.25) is 11.8 Å². The molecule has 316 valence electrons. The van der Waals surface area contributed by atoms with Crippen LogP contribution in [0, 0.1) is 5.92 Å². The summed E-state index contributed by atoms with van der Waals surface area (Å²) in [6.45, 7) is 9.07. The van der Waals surface area contributed by atoms with Crippen LogP contribution >= 0.6 is 19.2 Å². The second-order valence-electron chi connectivity index (χ2n) is 15.5. The van der Waals surface area contributed by atoms with Crippen molar-refractivity contribution in [3.05, 3.63) is 70.7 Å². The lowest BCUT2D eigenvalue weighted by atomic mass is 9.84. The second kappa shape index (κ2) is 21.9. The highest BCUT2D eigenvalue weighted by Gasteiger charge is 2.43. The van der Waals surface area contributed by atoms with E-state index in [1.807, 2.05) is 30.3 Å². The highest BCUT2D eigenvalue weighted by molar-refractivity contribution is 7.54. The van der Waals surface area contributed by atoms with Crippen molar-refractivity contribution in [1.82, 2.24) is 20.4 Å². The maximum absolute atomic E-state index is 14.1. The summed E-state index contributed by atoms with van der Waals surface area (Å²) < 4.78 is 36.0. The normalized spacial score (nSPS) is 18.3. The van der Waals surface area contributed by atoms with Gasteiger partial charge in [-0.1, -0.05) is 86.2 Å². The van der Waals surface area contributed by atoms with Crippen LogP contribution in [0.1, 0.15) is 103 Å². The lowest BCUT2D eigenvalue weighted by Crippen LogP contribution is -2.54. The Morgan fingerprint density at radius 2 is 1.63 bits per heavy atom. The molecule has 0 aromatic heterocycles. The second-order valence-corrected chi connectivity index (χ2v) is 18.1. The molecule has 0 bridgehead atoms. The molecule has 16 heteroatoms. The van der Waals surface area contributed by atoms with Crippen LogP contribution < -0.4 is 10.6 Å². The number of hydrogen-bond acceptors (Lipinski definition) is 10. The zero-order valence-electron chi connectivity index (χ0n) is 33.8. The third-order valence-electron chi connectivity index (χ3n) is 10.0. The van der Waals surface area contributed by atoms with Crippen molar-refractivity contribution in [3.8, 4) is 0 Å². The molecule has 2 aromatic carbocycles. The number of benzene rings is 2. The number of hydrogen-bond donors (Lipinski definition) is 3. The number of rotatable bonds is 17. The van der Waals surface area contributed by atoms with Gasteiger partial charge in [-0.15, -0.1) is 0 Å². The van der Waals surface area contributed by atoms with Crippen molar-refractivity contribution in [2.45, 2.75) is 122 Å². The van der Waals surface area contributed by atoms with Crippen LogP contribution in [0.5, 0.6) is 0 Å². The number of nitrogens with zero attached hydrogens (tertiary/aromatic N) is 2. The average molecular weight is 835 g/mol. The Balaban J connectivity index is 1.53. The lowest BCUT2D eigenvalue weighted by molar-refractivity contribution is -0.135. The van der Waals surface area contributed by atoms with Crippen molar-refractivity contribution in [2.75, 3.05) is 32.8 Å². The van der Waals surface area contributed by atoms with Crippen LogP contribution in [0.25, 0.3) is 0 Å². The van der Waals surface area contributed by atoms with E-state index in [2.05, 4.69) is 10.6 Å². The van der Waals surface area contributed by atoms with E-state index < -0.39 is 55.3 Å². The summed E-state index contributed by atoms with van der Waals surface area (Å²) >= 11 is 6.09. The van der Waals surface area contributed by atoms with Gasteiger partial charge in [0, 0.05) is 31.1 Å². The third-order valence-corrected chi connectivity index (χ3v) is 12.5. The van der Waals surface area contributed by atoms with Crippen LogP contribution in [0.2, 0.25) is 5.02 Å². The number of aliphatic hydroxyl groups excluding tert-OH is 1. The Kier molecular flexibility index (Phi) is 17.7. The zero-order valence-corrected chi connectivity index (χ0v) is 35.5. The van der Waals surface area contributed by atoms with Crippen LogP contribution in [-0.4, -0.2) is 95.3 Å². The minimum atomic E-state index is -4.21. The van der Waals surface area contributed by atoms with Crippen LogP contribution in [0.15, 0.2) is 54.6 Å². The van der Waals surface area contributed by atoms with Gasteiger partial charge in [-0.2, -0.15) is 0 Å². The molecule has 2 aromatic rings. The van der Waals surface area contributed by atoms with Crippen molar-refractivity contribution < 1.29 is 47.4 Å². The van der Waals surface area contributed by atoms with Crippen molar-refractivity contribution >= 4 is 43.2 Å². The van der Waals surface area contributed by atoms with Crippen molar-refractivity contribution in [3.63, 3.8) is 0 Å². The first kappa shape index (κ1) is 46.0.